The number of rotatable bonds is 6. The summed E-state index contributed by atoms with van der Waals surface area (Å²) in [6.07, 6.45) is 1.00. The van der Waals surface area contributed by atoms with E-state index in [1.165, 1.54) is 4.31 Å². The molecule has 0 bridgehead atoms. The first-order valence-electron chi connectivity index (χ1n) is 8.42. The molecule has 0 saturated carbocycles. The van der Waals surface area contributed by atoms with Crippen molar-refractivity contribution in [2.45, 2.75) is 51.3 Å². The molecule has 0 aliphatic carbocycles. The Morgan fingerprint density at radius 2 is 1.62 bits per heavy atom. The second kappa shape index (κ2) is 6.98. The first-order chi connectivity index (χ1) is 11.2. The molecule has 0 unspecified atom stereocenters. The number of anilines is 1. The fraction of sp³-hybridized carbons (Fsp3) is 0.400. The van der Waals surface area contributed by atoms with Crippen molar-refractivity contribution in [1.82, 2.24) is 0 Å². The molecular formula is C20H27NO2S. The average Bonchev–Trinajstić information content (AvgIpc) is 2.55. The number of hydrogen-bond acceptors (Lipinski definition) is 2. The maximum atomic E-state index is 13.0. The van der Waals surface area contributed by atoms with E-state index in [1.807, 2.05) is 50.2 Å². The molecule has 0 heterocycles. The normalized spacial score (nSPS) is 12.2. The Balaban J connectivity index is 2.42. The molecule has 24 heavy (non-hydrogen) atoms. The van der Waals surface area contributed by atoms with Gasteiger partial charge in [-0.15, -0.1) is 0 Å². The molecule has 0 saturated heterocycles. The minimum Gasteiger partial charge on any atom is -0.267 e. The highest BCUT2D eigenvalue weighted by Gasteiger charge is 2.25. The second-order valence-corrected chi connectivity index (χ2v) is 8.63. The van der Waals surface area contributed by atoms with Crippen LogP contribution in [0.1, 0.15) is 45.2 Å². The topological polar surface area (TPSA) is 37.4 Å². The van der Waals surface area contributed by atoms with Crippen LogP contribution in [0.3, 0.4) is 0 Å². The second-order valence-electron chi connectivity index (χ2n) is 6.77. The van der Waals surface area contributed by atoms with E-state index in [0.29, 0.717) is 17.1 Å². The summed E-state index contributed by atoms with van der Waals surface area (Å²) in [4.78, 5) is 0.335. The van der Waals surface area contributed by atoms with Crippen molar-refractivity contribution < 1.29 is 8.42 Å². The smallest absolute Gasteiger partial charge is 0.264 e. The Morgan fingerprint density at radius 1 is 1.00 bits per heavy atom. The van der Waals surface area contributed by atoms with E-state index in [4.69, 9.17) is 0 Å². The van der Waals surface area contributed by atoms with Gasteiger partial charge in [0.25, 0.3) is 10.0 Å². The molecule has 2 rings (SSSR count). The van der Waals surface area contributed by atoms with Gasteiger partial charge in [-0.25, -0.2) is 8.42 Å². The molecule has 0 radical (unpaired) electrons. The van der Waals surface area contributed by atoms with E-state index in [9.17, 15) is 8.42 Å². The monoisotopic (exact) mass is 345 g/mol. The van der Waals surface area contributed by atoms with Gasteiger partial charge in [0.15, 0.2) is 0 Å². The molecule has 0 aromatic heterocycles. The van der Waals surface area contributed by atoms with Gasteiger partial charge in [0.2, 0.25) is 0 Å². The summed E-state index contributed by atoms with van der Waals surface area (Å²) < 4.78 is 27.5. The minimum absolute atomic E-state index is 0.0449. The van der Waals surface area contributed by atoms with Gasteiger partial charge in [-0.2, -0.15) is 0 Å². The zero-order valence-electron chi connectivity index (χ0n) is 15.2. The van der Waals surface area contributed by atoms with Gasteiger partial charge in [-0.3, -0.25) is 4.31 Å². The van der Waals surface area contributed by atoms with E-state index in [2.05, 4.69) is 20.8 Å². The third-order valence-electron chi connectivity index (χ3n) is 4.68. The van der Waals surface area contributed by atoms with Crippen molar-refractivity contribution in [2.24, 2.45) is 0 Å². The molecule has 0 aliphatic rings. The van der Waals surface area contributed by atoms with E-state index >= 15 is 0 Å². The molecule has 3 nitrogen and oxygen atoms in total. The van der Waals surface area contributed by atoms with Crippen molar-refractivity contribution in [3.05, 3.63) is 59.7 Å². The summed E-state index contributed by atoms with van der Waals surface area (Å²) in [5, 5.41) is 0. The Bertz CT molecular complexity index is 793. The lowest BCUT2D eigenvalue weighted by Crippen LogP contribution is -2.30. The predicted molar refractivity (Wildman–Crippen MR) is 101 cm³/mol. The Kier molecular flexibility index (Phi) is 5.38. The number of aryl methyl sites for hydroxylation is 1. The maximum absolute atomic E-state index is 13.0. The summed E-state index contributed by atoms with van der Waals surface area (Å²) in [6, 6.07) is 14.9. The first-order valence-corrected chi connectivity index (χ1v) is 9.86. The van der Waals surface area contributed by atoms with Crippen LogP contribution < -0.4 is 4.31 Å². The van der Waals surface area contributed by atoms with Crippen molar-refractivity contribution in [1.29, 1.82) is 0 Å². The molecule has 0 fully saturated rings. The Hall–Kier alpha value is -1.81. The van der Waals surface area contributed by atoms with E-state index in [0.717, 1.165) is 17.5 Å². The molecule has 0 atom stereocenters. The third kappa shape index (κ3) is 3.64. The van der Waals surface area contributed by atoms with Crippen LogP contribution in [0.25, 0.3) is 0 Å². The van der Waals surface area contributed by atoms with Gasteiger partial charge in [0, 0.05) is 6.54 Å². The van der Waals surface area contributed by atoms with Gasteiger partial charge < -0.3 is 0 Å². The van der Waals surface area contributed by atoms with Gasteiger partial charge in [-0.1, -0.05) is 45.0 Å². The van der Waals surface area contributed by atoms with Crippen LogP contribution in [-0.4, -0.2) is 15.0 Å². The standard InChI is InChI=1S/C20H27NO2S/c1-6-20(4,5)17-11-13-19(14-12-17)24(22,23)21(7-2)18-10-8-9-16(3)15-18/h8-15H,6-7H2,1-5H3. The summed E-state index contributed by atoms with van der Waals surface area (Å²) in [6.45, 7) is 10.7. The molecule has 2 aromatic carbocycles. The number of nitrogens with zero attached hydrogens (tertiary/aromatic N) is 1. The molecule has 0 spiro atoms. The van der Waals surface area contributed by atoms with Crippen LogP contribution in [0, 0.1) is 6.92 Å². The lowest BCUT2D eigenvalue weighted by Gasteiger charge is -2.25. The van der Waals surface area contributed by atoms with Crippen molar-refractivity contribution in [2.75, 3.05) is 10.8 Å². The van der Waals surface area contributed by atoms with Crippen LogP contribution in [0.4, 0.5) is 5.69 Å². The first kappa shape index (κ1) is 18.5. The van der Waals surface area contributed by atoms with E-state index in [1.54, 1.807) is 12.1 Å². The molecular weight excluding hydrogens is 318 g/mol. The maximum Gasteiger partial charge on any atom is 0.264 e. The third-order valence-corrected chi connectivity index (χ3v) is 6.60. The van der Waals surface area contributed by atoms with Crippen LogP contribution in [-0.2, 0) is 15.4 Å². The van der Waals surface area contributed by atoms with Gasteiger partial charge >= 0.3 is 0 Å². The predicted octanol–water partition coefficient (Wildman–Crippen LogP) is 4.90. The zero-order chi connectivity index (χ0) is 18.0. The van der Waals surface area contributed by atoms with Gasteiger partial charge in [0.05, 0.1) is 10.6 Å². The van der Waals surface area contributed by atoms with Crippen molar-refractivity contribution in [3.8, 4) is 0 Å². The number of hydrogen-bond donors (Lipinski definition) is 0. The molecule has 0 amide bonds. The molecule has 130 valence electrons. The zero-order valence-corrected chi connectivity index (χ0v) is 16.0. The molecule has 0 N–H and O–H groups in total. The summed E-state index contributed by atoms with van der Waals surface area (Å²) in [5.41, 5.74) is 2.95. The molecule has 2 aromatic rings. The van der Waals surface area contributed by atoms with Gasteiger partial charge in [-0.05, 0) is 61.1 Å². The number of benzene rings is 2. The summed E-state index contributed by atoms with van der Waals surface area (Å²) in [7, 11) is -3.56. The highest BCUT2D eigenvalue weighted by atomic mass is 32.2. The SMILES string of the molecule is CCN(c1cccc(C)c1)S(=O)(=O)c1ccc(C(C)(C)CC)cc1. The fourth-order valence-electron chi connectivity index (χ4n) is 2.68. The van der Waals surface area contributed by atoms with Gasteiger partial charge in [0.1, 0.15) is 0 Å². The highest BCUT2D eigenvalue weighted by Crippen LogP contribution is 2.29. The van der Waals surface area contributed by atoms with Crippen LogP contribution >= 0.6 is 0 Å². The van der Waals surface area contributed by atoms with E-state index in [-0.39, 0.29) is 5.41 Å². The van der Waals surface area contributed by atoms with Crippen molar-refractivity contribution in [3.63, 3.8) is 0 Å². The summed E-state index contributed by atoms with van der Waals surface area (Å²) in [5.74, 6) is 0. The Morgan fingerprint density at radius 3 is 2.12 bits per heavy atom. The minimum atomic E-state index is -3.56. The number of sulfonamides is 1. The van der Waals surface area contributed by atoms with Crippen LogP contribution in [0.2, 0.25) is 0 Å². The lowest BCUT2D eigenvalue weighted by molar-refractivity contribution is 0.505. The van der Waals surface area contributed by atoms with Crippen molar-refractivity contribution >= 4 is 15.7 Å². The Labute approximate surface area is 146 Å². The molecule has 0 aliphatic heterocycles. The summed E-state index contributed by atoms with van der Waals surface area (Å²) >= 11 is 0. The fourth-order valence-corrected chi connectivity index (χ4v) is 4.15. The average molecular weight is 346 g/mol. The molecule has 4 heteroatoms. The van der Waals surface area contributed by atoms with Crippen LogP contribution in [0.15, 0.2) is 53.4 Å². The quantitative estimate of drug-likeness (QED) is 0.747. The lowest BCUT2D eigenvalue weighted by atomic mass is 9.82. The highest BCUT2D eigenvalue weighted by molar-refractivity contribution is 7.92. The van der Waals surface area contributed by atoms with Crippen LogP contribution in [0.5, 0.6) is 0 Å². The van der Waals surface area contributed by atoms with E-state index < -0.39 is 10.0 Å². The largest absolute Gasteiger partial charge is 0.267 e.